The van der Waals surface area contributed by atoms with Crippen LogP contribution < -0.4 is 0 Å². The largest absolute Gasteiger partial charge is 0.507 e. The number of hydrogen-bond acceptors (Lipinski definition) is 7. The molecule has 0 saturated carbocycles. The van der Waals surface area contributed by atoms with Crippen molar-refractivity contribution in [3.8, 4) is 0 Å². The van der Waals surface area contributed by atoms with Crippen molar-refractivity contribution >= 4 is 27.5 Å². The lowest BCUT2D eigenvalue weighted by molar-refractivity contribution is -0.140. The molecular formula is C22H27N3O6S. The van der Waals surface area contributed by atoms with Crippen LogP contribution in [-0.2, 0) is 19.6 Å². The molecule has 32 heavy (non-hydrogen) atoms. The first-order valence-corrected chi connectivity index (χ1v) is 11.5. The number of carbonyl (C=O) groups excluding carboxylic acids is 2. The van der Waals surface area contributed by atoms with E-state index in [1.165, 1.54) is 49.5 Å². The van der Waals surface area contributed by atoms with Crippen molar-refractivity contribution in [3.05, 3.63) is 59.6 Å². The minimum absolute atomic E-state index is 0.0470. The second-order valence-corrected chi connectivity index (χ2v) is 10.1. The standard InChI is InChI=1S/C22H27N3O6S/c1-23(2)12-6-13-25-19(17-7-5-14-31-17)18(21(27)22(25)28)20(26)15-8-10-16(11-9-15)32(29,30)24(3)4/h5,7-11,14,19,26H,6,12-13H2,1-4H3/t19-/m0/s1. The Morgan fingerprint density at radius 3 is 2.28 bits per heavy atom. The van der Waals surface area contributed by atoms with Gasteiger partial charge >= 0.3 is 0 Å². The van der Waals surface area contributed by atoms with Gasteiger partial charge in [-0.05, 0) is 63.5 Å². The van der Waals surface area contributed by atoms with E-state index in [4.69, 9.17) is 4.42 Å². The fraction of sp³-hybridized carbons (Fsp3) is 0.364. The second kappa shape index (κ2) is 9.27. The van der Waals surface area contributed by atoms with Gasteiger partial charge in [0.05, 0.1) is 16.7 Å². The van der Waals surface area contributed by atoms with Crippen molar-refractivity contribution in [1.82, 2.24) is 14.1 Å². The van der Waals surface area contributed by atoms with Crippen LogP contribution in [0.15, 0.2) is 57.5 Å². The highest BCUT2D eigenvalue weighted by Gasteiger charge is 2.47. The number of sulfonamides is 1. The van der Waals surface area contributed by atoms with Crippen LogP contribution in [-0.4, -0.2) is 80.6 Å². The van der Waals surface area contributed by atoms with Crippen LogP contribution >= 0.6 is 0 Å². The van der Waals surface area contributed by atoms with E-state index in [1.54, 1.807) is 12.1 Å². The highest BCUT2D eigenvalue weighted by Crippen LogP contribution is 2.39. The van der Waals surface area contributed by atoms with Gasteiger partial charge < -0.3 is 19.3 Å². The molecule has 172 valence electrons. The summed E-state index contributed by atoms with van der Waals surface area (Å²) in [7, 11) is 3.03. The molecule has 1 saturated heterocycles. The van der Waals surface area contributed by atoms with Gasteiger partial charge in [-0.25, -0.2) is 12.7 Å². The SMILES string of the molecule is CN(C)CCCN1C(=O)C(=O)C(=C(O)c2ccc(S(=O)(=O)N(C)C)cc2)[C@@H]1c1ccco1. The minimum Gasteiger partial charge on any atom is -0.507 e. The first-order valence-electron chi connectivity index (χ1n) is 10.0. The zero-order valence-electron chi connectivity index (χ0n) is 18.5. The number of carbonyl (C=O) groups is 2. The Morgan fingerprint density at radius 2 is 1.75 bits per heavy atom. The van der Waals surface area contributed by atoms with Gasteiger partial charge in [-0.15, -0.1) is 0 Å². The number of rotatable bonds is 8. The van der Waals surface area contributed by atoms with Crippen molar-refractivity contribution < 1.29 is 27.5 Å². The number of hydrogen-bond donors (Lipinski definition) is 1. The van der Waals surface area contributed by atoms with E-state index in [0.29, 0.717) is 18.7 Å². The van der Waals surface area contributed by atoms with Gasteiger partial charge in [0.2, 0.25) is 10.0 Å². The van der Waals surface area contributed by atoms with Crippen molar-refractivity contribution in [3.63, 3.8) is 0 Å². The number of amides is 1. The number of ketones is 1. The molecule has 2 aromatic rings. The number of likely N-dealkylation sites (tertiary alicyclic amines) is 1. The Hall–Kier alpha value is -2.95. The summed E-state index contributed by atoms with van der Waals surface area (Å²) in [5.74, 6) is -1.53. The average molecular weight is 462 g/mol. The summed E-state index contributed by atoms with van der Waals surface area (Å²) in [6.45, 7) is 1.03. The van der Waals surface area contributed by atoms with Crippen LogP contribution in [0.3, 0.4) is 0 Å². The Labute approximate surface area is 187 Å². The Morgan fingerprint density at radius 1 is 1.09 bits per heavy atom. The molecule has 1 aliphatic rings. The number of benzene rings is 1. The van der Waals surface area contributed by atoms with Gasteiger partial charge in [0.25, 0.3) is 11.7 Å². The summed E-state index contributed by atoms with van der Waals surface area (Å²) in [6.07, 6.45) is 2.07. The van der Waals surface area contributed by atoms with Crippen LogP contribution in [0.2, 0.25) is 0 Å². The predicted octanol–water partition coefficient (Wildman–Crippen LogP) is 1.90. The maximum atomic E-state index is 12.9. The predicted molar refractivity (Wildman–Crippen MR) is 118 cm³/mol. The highest BCUT2D eigenvalue weighted by molar-refractivity contribution is 7.89. The quantitative estimate of drug-likeness (QED) is 0.363. The summed E-state index contributed by atoms with van der Waals surface area (Å²) in [6, 6.07) is 7.94. The van der Waals surface area contributed by atoms with Gasteiger partial charge in [0, 0.05) is 26.2 Å². The maximum absolute atomic E-state index is 12.9. The van der Waals surface area contributed by atoms with Gasteiger partial charge in [0.15, 0.2) is 0 Å². The molecule has 1 fully saturated rings. The fourth-order valence-electron chi connectivity index (χ4n) is 3.56. The molecule has 0 aliphatic carbocycles. The molecule has 0 radical (unpaired) electrons. The summed E-state index contributed by atoms with van der Waals surface area (Å²) in [5.41, 5.74) is 0.142. The summed E-state index contributed by atoms with van der Waals surface area (Å²) in [5, 5.41) is 11.0. The topological polar surface area (TPSA) is 111 Å². The number of aliphatic hydroxyl groups is 1. The Kier molecular flexibility index (Phi) is 6.87. The summed E-state index contributed by atoms with van der Waals surface area (Å²) < 4.78 is 31.2. The number of Topliss-reactive ketones (excluding diaryl/α,β-unsaturated/α-hetero) is 1. The van der Waals surface area contributed by atoms with Gasteiger partial charge in [-0.1, -0.05) is 0 Å². The zero-order valence-corrected chi connectivity index (χ0v) is 19.3. The smallest absolute Gasteiger partial charge is 0.295 e. The first-order chi connectivity index (χ1) is 15.1. The Bertz CT molecular complexity index is 1120. The molecule has 0 unspecified atom stereocenters. The highest BCUT2D eigenvalue weighted by atomic mass is 32.2. The lowest BCUT2D eigenvalue weighted by Gasteiger charge is -2.24. The van der Waals surface area contributed by atoms with Crippen molar-refractivity contribution in [2.24, 2.45) is 0 Å². The van der Waals surface area contributed by atoms with Crippen molar-refractivity contribution in [2.45, 2.75) is 17.4 Å². The summed E-state index contributed by atoms with van der Waals surface area (Å²) >= 11 is 0. The van der Waals surface area contributed by atoms with E-state index in [9.17, 15) is 23.1 Å². The fourth-order valence-corrected chi connectivity index (χ4v) is 4.46. The van der Waals surface area contributed by atoms with Crippen LogP contribution in [0.4, 0.5) is 0 Å². The molecule has 0 spiro atoms. The van der Waals surface area contributed by atoms with E-state index in [2.05, 4.69) is 0 Å². The Balaban J connectivity index is 2.03. The van der Waals surface area contributed by atoms with Gasteiger partial charge in [-0.3, -0.25) is 9.59 Å². The van der Waals surface area contributed by atoms with Crippen LogP contribution in [0.1, 0.15) is 23.8 Å². The molecule has 1 amide bonds. The minimum atomic E-state index is -3.64. The third kappa shape index (κ3) is 4.47. The normalized spacial score (nSPS) is 18.8. The molecule has 2 heterocycles. The van der Waals surface area contributed by atoms with E-state index >= 15 is 0 Å². The molecule has 9 nitrogen and oxygen atoms in total. The molecule has 1 atom stereocenters. The van der Waals surface area contributed by atoms with E-state index < -0.39 is 27.8 Å². The molecule has 3 rings (SSSR count). The summed E-state index contributed by atoms with van der Waals surface area (Å²) in [4.78, 5) is 29.1. The third-order valence-electron chi connectivity index (χ3n) is 5.26. The van der Waals surface area contributed by atoms with Crippen molar-refractivity contribution in [2.75, 3.05) is 41.3 Å². The van der Waals surface area contributed by atoms with E-state index in [-0.39, 0.29) is 21.8 Å². The first kappa shape index (κ1) is 23.7. The molecular weight excluding hydrogens is 434 g/mol. The maximum Gasteiger partial charge on any atom is 0.295 e. The lowest BCUT2D eigenvalue weighted by atomic mass is 9.99. The molecule has 1 aliphatic heterocycles. The van der Waals surface area contributed by atoms with E-state index in [1.807, 2.05) is 19.0 Å². The molecule has 1 aromatic carbocycles. The van der Waals surface area contributed by atoms with Crippen molar-refractivity contribution in [1.29, 1.82) is 0 Å². The van der Waals surface area contributed by atoms with Crippen LogP contribution in [0.5, 0.6) is 0 Å². The second-order valence-electron chi connectivity index (χ2n) is 7.98. The molecule has 1 N–H and O–H groups in total. The van der Waals surface area contributed by atoms with Gasteiger partial charge in [0.1, 0.15) is 17.6 Å². The zero-order chi connectivity index (χ0) is 23.6. The van der Waals surface area contributed by atoms with Crippen LogP contribution in [0, 0.1) is 0 Å². The lowest BCUT2D eigenvalue weighted by Crippen LogP contribution is -2.32. The monoisotopic (exact) mass is 461 g/mol. The average Bonchev–Trinajstić information content (AvgIpc) is 3.35. The van der Waals surface area contributed by atoms with E-state index in [0.717, 1.165) is 10.8 Å². The number of furan rings is 1. The number of aliphatic hydroxyl groups excluding tert-OH is 1. The number of nitrogens with zero attached hydrogens (tertiary/aromatic N) is 3. The van der Waals surface area contributed by atoms with Crippen LogP contribution in [0.25, 0.3) is 5.76 Å². The third-order valence-corrected chi connectivity index (χ3v) is 7.09. The molecule has 10 heteroatoms. The molecule has 0 bridgehead atoms. The molecule has 1 aromatic heterocycles. The van der Waals surface area contributed by atoms with Gasteiger partial charge in [-0.2, -0.15) is 0 Å².